The van der Waals surface area contributed by atoms with Crippen molar-refractivity contribution >= 4 is 17.6 Å². The maximum atomic E-state index is 12.6. The van der Waals surface area contributed by atoms with Crippen LogP contribution in [0.15, 0.2) is 10.6 Å². The lowest BCUT2D eigenvalue weighted by Gasteiger charge is -2.27. The fourth-order valence-corrected chi connectivity index (χ4v) is 3.14. The van der Waals surface area contributed by atoms with E-state index in [4.69, 9.17) is 9.26 Å². The second kappa shape index (κ2) is 11.7. The third-order valence-corrected chi connectivity index (χ3v) is 4.76. The first kappa shape index (κ1) is 21.4. The molecule has 0 unspecified atom stereocenters. The molecule has 1 aliphatic heterocycles. The summed E-state index contributed by atoms with van der Waals surface area (Å²) in [6.07, 6.45) is 4.69. The largest absolute Gasteiger partial charge is 0.370 e. The minimum atomic E-state index is -0.248. The number of quaternary nitrogens is 1. The molecule has 1 saturated heterocycles. The smallest absolute Gasteiger partial charge is 0.245 e. The first-order chi connectivity index (χ1) is 13.1. The monoisotopic (exact) mass is 381 g/mol. The van der Waals surface area contributed by atoms with Gasteiger partial charge in [-0.2, -0.15) is 0 Å². The lowest BCUT2D eigenvalue weighted by atomic mass is 10.1. The van der Waals surface area contributed by atoms with Crippen LogP contribution in [-0.2, 0) is 14.3 Å². The first-order valence-electron chi connectivity index (χ1n) is 10.0. The molecule has 2 heterocycles. The number of nitrogens with one attached hydrogen (secondary N) is 2. The highest BCUT2D eigenvalue weighted by Crippen LogP contribution is 2.08. The summed E-state index contributed by atoms with van der Waals surface area (Å²) < 4.78 is 10.3. The van der Waals surface area contributed by atoms with Crippen molar-refractivity contribution in [1.82, 2.24) is 10.1 Å². The molecule has 0 spiro atoms. The molecule has 152 valence electrons. The Morgan fingerprint density at radius 1 is 1.26 bits per heavy atom. The topological polar surface area (TPSA) is 89.1 Å². The minimum absolute atomic E-state index is 0.0439. The molecule has 1 aliphatic rings. The SMILES string of the molecule is CCCCCCC(=O)N(CC[NH+]1CCOCC1)CC(=O)Nc1cc(C)on1. The Labute approximate surface area is 161 Å². The van der Waals surface area contributed by atoms with Gasteiger partial charge >= 0.3 is 0 Å². The number of amides is 2. The summed E-state index contributed by atoms with van der Waals surface area (Å²) in [5.41, 5.74) is 0. The van der Waals surface area contributed by atoms with E-state index < -0.39 is 0 Å². The van der Waals surface area contributed by atoms with Crippen LogP contribution in [0, 0.1) is 6.92 Å². The predicted octanol–water partition coefficient (Wildman–Crippen LogP) is 0.636. The van der Waals surface area contributed by atoms with Gasteiger partial charge in [-0.25, -0.2) is 0 Å². The summed E-state index contributed by atoms with van der Waals surface area (Å²) in [6, 6.07) is 1.66. The Bertz CT molecular complexity index is 584. The molecule has 0 aliphatic carbocycles. The van der Waals surface area contributed by atoms with Crippen molar-refractivity contribution in [2.24, 2.45) is 0 Å². The van der Waals surface area contributed by atoms with E-state index in [0.29, 0.717) is 24.5 Å². The van der Waals surface area contributed by atoms with Gasteiger partial charge in [-0.05, 0) is 13.3 Å². The molecule has 1 aromatic heterocycles. The van der Waals surface area contributed by atoms with Gasteiger partial charge in [0.2, 0.25) is 11.8 Å². The van der Waals surface area contributed by atoms with Crippen LogP contribution in [0.5, 0.6) is 0 Å². The molecule has 0 aromatic carbocycles. The summed E-state index contributed by atoms with van der Waals surface area (Å²) in [4.78, 5) is 28.1. The van der Waals surface area contributed by atoms with Gasteiger partial charge in [0.1, 0.15) is 25.4 Å². The number of carbonyl (C=O) groups is 2. The summed E-state index contributed by atoms with van der Waals surface area (Å²) in [7, 11) is 0. The number of rotatable bonds is 11. The highest BCUT2D eigenvalue weighted by atomic mass is 16.5. The lowest BCUT2D eigenvalue weighted by molar-refractivity contribution is -0.907. The van der Waals surface area contributed by atoms with Crippen molar-refractivity contribution in [3.63, 3.8) is 0 Å². The normalized spacial score (nSPS) is 14.9. The Morgan fingerprint density at radius 2 is 2.04 bits per heavy atom. The molecule has 0 atom stereocenters. The second-order valence-corrected chi connectivity index (χ2v) is 7.11. The molecule has 8 heteroatoms. The van der Waals surface area contributed by atoms with E-state index in [0.717, 1.165) is 58.5 Å². The van der Waals surface area contributed by atoms with Gasteiger partial charge in [0, 0.05) is 12.5 Å². The molecule has 0 radical (unpaired) electrons. The molecule has 2 N–H and O–H groups in total. The van der Waals surface area contributed by atoms with Gasteiger partial charge in [-0.3, -0.25) is 9.59 Å². The summed E-state index contributed by atoms with van der Waals surface area (Å²) >= 11 is 0. The zero-order valence-electron chi connectivity index (χ0n) is 16.6. The number of morpholine rings is 1. The first-order valence-corrected chi connectivity index (χ1v) is 10.0. The van der Waals surface area contributed by atoms with Gasteiger partial charge in [0.25, 0.3) is 0 Å². The maximum absolute atomic E-state index is 12.6. The predicted molar refractivity (Wildman–Crippen MR) is 102 cm³/mol. The van der Waals surface area contributed by atoms with Crippen LogP contribution < -0.4 is 10.2 Å². The van der Waals surface area contributed by atoms with Crippen molar-refractivity contribution in [2.75, 3.05) is 51.3 Å². The molecule has 8 nitrogen and oxygen atoms in total. The maximum Gasteiger partial charge on any atom is 0.245 e. The Hall–Kier alpha value is -1.93. The number of unbranched alkanes of at least 4 members (excludes halogenated alkanes) is 3. The van der Waals surface area contributed by atoms with Gasteiger partial charge in [0.15, 0.2) is 5.82 Å². The summed E-state index contributed by atoms with van der Waals surface area (Å²) in [5, 5.41) is 6.47. The third kappa shape index (κ3) is 8.09. The van der Waals surface area contributed by atoms with Gasteiger partial charge in [-0.15, -0.1) is 0 Å². The van der Waals surface area contributed by atoms with Gasteiger partial charge < -0.3 is 24.4 Å². The van der Waals surface area contributed by atoms with Crippen LogP contribution in [0.2, 0.25) is 0 Å². The highest BCUT2D eigenvalue weighted by molar-refractivity contribution is 5.93. The third-order valence-electron chi connectivity index (χ3n) is 4.76. The quantitative estimate of drug-likeness (QED) is 0.549. The summed E-state index contributed by atoms with van der Waals surface area (Å²) in [5.74, 6) is 0.809. The van der Waals surface area contributed by atoms with Crippen molar-refractivity contribution in [3.05, 3.63) is 11.8 Å². The van der Waals surface area contributed by atoms with Crippen molar-refractivity contribution in [3.8, 4) is 0 Å². The molecule has 27 heavy (non-hydrogen) atoms. The van der Waals surface area contributed by atoms with Crippen molar-refractivity contribution < 1.29 is 23.7 Å². The van der Waals surface area contributed by atoms with E-state index in [1.165, 1.54) is 4.90 Å². The van der Waals surface area contributed by atoms with Crippen molar-refractivity contribution in [2.45, 2.75) is 46.0 Å². The lowest BCUT2D eigenvalue weighted by Crippen LogP contribution is -3.14. The molecule has 0 saturated carbocycles. The number of nitrogens with zero attached hydrogens (tertiary/aromatic N) is 2. The molecule has 2 amide bonds. The molecule has 1 fully saturated rings. The van der Waals surface area contributed by atoms with Gasteiger partial charge in [-0.1, -0.05) is 31.3 Å². The average Bonchev–Trinajstić information content (AvgIpc) is 3.07. The summed E-state index contributed by atoms with van der Waals surface area (Å²) in [6.45, 7) is 8.77. The second-order valence-electron chi connectivity index (χ2n) is 7.11. The van der Waals surface area contributed by atoms with Crippen LogP contribution in [0.3, 0.4) is 0 Å². The number of hydrogen-bond acceptors (Lipinski definition) is 5. The Morgan fingerprint density at radius 3 is 2.70 bits per heavy atom. The zero-order chi connectivity index (χ0) is 19.5. The van der Waals surface area contributed by atoms with Gasteiger partial charge in [0.05, 0.1) is 26.3 Å². The Kier molecular flexibility index (Phi) is 9.27. The van der Waals surface area contributed by atoms with E-state index in [9.17, 15) is 9.59 Å². The van der Waals surface area contributed by atoms with Crippen LogP contribution in [0.25, 0.3) is 0 Å². The zero-order valence-corrected chi connectivity index (χ0v) is 16.6. The van der Waals surface area contributed by atoms with Crippen LogP contribution >= 0.6 is 0 Å². The Balaban J connectivity index is 1.86. The number of aryl methyl sites for hydroxylation is 1. The molecular weight excluding hydrogens is 348 g/mol. The van der Waals surface area contributed by atoms with E-state index in [-0.39, 0.29) is 18.4 Å². The molecule has 2 rings (SSSR count). The number of hydrogen-bond donors (Lipinski definition) is 2. The van der Waals surface area contributed by atoms with E-state index in [2.05, 4.69) is 17.4 Å². The van der Waals surface area contributed by atoms with Crippen LogP contribution in [0.4, 0.5) is 5.82 Å². The van der Waals surface area contributed by atoms with E-state index in [1.54, 1.807) is 17.9 Å². The highest BCUT2D eigenvalue weighted by Gasteiger charge is 2.21. The number of aromatic nitrogens is 1. The average molecular weight is 381 g/mol. The standard InChI is InChI=1S/C19H32N4O4/c1-3-4-5-6-7-19(25)23(9-8-22-10-12-26-13-11-22)15-18(24)20-17-14-16(2)27-21-17/h14H,3-13,15H2,1-2H3,(H,20,21,24)/p+1. The molecular formula is C19H33N4O4+. The fourth-order valence-electron chi connectivity index (χ4n) is 3.14. The molecule has 1 aromatic rings. The minimum Gasteiger partial charge on any atom is -0.370 e. The number of ether oxygens (including phenoxy) is 1. The van der Waals surface area contributed by atoms with Crippen molar-refractivity contribution in [1.29, 1.82) is 0 Å². The van der Waals surface area contributed by atoms with Crippen LogP contribution in [-0.4, -0.2) is 67.8 Å². The van der Waals surface area contributed by atoms with E-state index >= 15 is 0 Å². The number of anilines is 1. The van der Waals surface area contributed by atoms with E-state index in [1.807, 2.05) is 0 Å². The number of carbonyl (C=O) groups excluding carboxylic acids is 2. The fraction of sp³-hybridized carbons (Fsp3) is 0.737. The molecule has 0 bridgehead atoms. The van der Waals surface area contributed by atoms with Crippen LogP contribution in [0.1, 0.15) is 44.8 Å².